The number of aliphatic hydroxyl groups is 1. The fourth-order valence-electron chi connectivity index (χ4n) is 2.12. The lowest BCUT2D eigenvalue weighted by Crippen LogP contribution is -2.20. The van der Waals surface area contributed by atoms with Crippen molar-refractivity contribution in [2.24, 2.45) is 0 Å². The highest BCUT2D eigenvalue weighted by Gasteiger charge is 2.09. The molecule has 0 radical (unpaired) electrons. The van der Waals surface area contributed by atoms with Gasteiger partial charge in [-0.05, 0) is 30.2 Å². The number of aliphatic hydroxyl groups excluding tert-OH is 1. The number of rotatable bonds is 7. The van der Waals surface area contributed by atoms with Gasteiger partial charge in [0, 0.05) is 5.75 Å². The number of aryl methyl sites for hydroxylation is 1. The predicted octanol–water partition coefficient (Wildman–Crippen LogP) is 4.05. The quantitative estimate of drug-likeness (QED) is 0.646. The molecule has 0 amide bonds. The minimum atomic E-state index is -0.548. The molecule has 2 aromatic carbocycles. The molecular weight excluding hydrogens is 340 g/mol. The maximum absolute atomic E-state index is 10.0. The molecule has 0 saturated heterocycles. The molecule has 0 bridgehead atoms. The van der Waals surface area contributed by atoms with Crippen molar-refractivity contribution in [3.8, 4) is 16.9 Å². The summed E-state index contributed by atoms with van der Waals surface area (Å²) in [6.07, 6.45) is -0.548. The monoisotopic (exact) mass is 358 g/mol. The first-order valence-corrected chi connectivity index (χ1v) is 9.40. The fraction of sp³-hybridized carbons (Fsp3) is 0.222. The highest BCUT2D eigenvalue weighted by molar-refractivity contribution is 8.01. The van der Waals surface area contributed by atoms with Gasteiger partial charge in [0.05, 0.1) is 6.10 Å². The average molecular weight is 358 g/mol. The molecule has 6 heteroatoms. The summed E-state index contributed by atoms with van der Waals surface area (Å²) < 4.78 is 6.53. The SMILES string of the molecule is Cc1nnc(SCC(O)COc2ccc(-c3ccccc3)cc2)s1. The van der Waals surface area contributed by atoms with Crippen LogP contribution in [0.2, 0.25) is 0 Å². The van der Waals surface area contributed by atoms with Gasteiger partial charge in [0.2, 0.25) is 0 Å². The zero-order valence-corrected chi connectivity index (χ0v) is 14.9. The third kappa shape index (κ3) is 4.80. The molecule has 0 aliphatic heterocycles. The summed E-state index contributed by atoms with van der Waals surface area (Å²) in [6, 6.07) is 18.1. The summed E-state index contributed by atoms with van der Waals surface area (Å²) in [4.78, 5) is 0. The summed E-state index contributed by atoms with van der Waals surface area (Å²) in [7, 11) is 0. The van der Waals surface area contributed by atoms with Crippen molar-refractivity contribution >= 4 is 23.1 Å². The second-order valence-corrected chi connectivity index (χ2v) is 7.70. The van der Waals surface area contributed by atoms with Crippen molar-refractivity contribution in [2.45, 2.75) is 17.4 Å². The Morgan fingerprint density at radius 1 is 1.04 bits per heavy atom. The van der Waals surface area contributed by atoms with E-state index in [1.165, 1.54) is 28.7 Å². The van der Waals surface area contributed by atoms with E-state index in [1.54, 1.807) is 0 Å². The van der Waals surface area contributed by atoms with Crippen LogP contribution in [-0.2, 0) is 0 Å². The van der Waals surface area contributed by atoms with Gasteiger partial charge in [0.15, 0.2) is 4.34 Å². The molecule has 3 rings (SSSR count). The van der Waals surface area contributed by atoms with Crippen LogP contribution in [0.5, 0.6) is 5.75 Å². The highest BCUT2D eigenvalue weighted by atomic mass is 32.2. The number of benzene rings is 2. The molecule has 4 nitrogen and oxygen atoms in total. The van der Waals surface area contributed by atoms with Gasteiger partial charge in [-0.2, -0.15) is 0 Å². The number of hydrogen-bond donors (Lipinski definition) is 1. The topological polar surface area (TPSA) is 55.2 Å². The molecule has 0 saturated carbocycles. The smallest absolute Gasteiger partial charge is 0.174 e. The van der Waals surface area contributed by atoms with Gasteiger partial charge in [-0.25, -0.2) is 0 Å². The molecule has 0 aliphatic rings. The molecule has 0 spiro atoms. The molecule has 1 N–H and O–H groups in total. The molecule has 1 atom stereocenters. The highest BCUT2D eigenvalue weighted by Crippen LogP contribution is 2.24. The summed E-state index contributed by atoms with van der Waals surface area (Å²) >= 11 is 3.03. The molecule has 0 aliphatic carbocycles. The van der Waals surface area contributed by atoms with Crippen LogP contribution in [0.15, 0.2) is 58.9 Å². The first-order valence-electron chi connectivity index (χ1n) is 7.60. The van der Waals surface area contributed by atoms with Crippen LogP contribution in [0.3, 0.4) is 0 Å². The van der Waals surface area contributed by atoms with E-state index >= 15 is 0 Å². The zero-order chi connectivity index (χ0) is 16.8. The van der Waals surface area contributed by atoms with Crippen molar-refractivity contribution < 1.29 is 9.84 Å². The largest absolute Gasteiger partial charge is 0.491 e. The van der Waals surface area contributed by atoms with E-state index in [1.807, 2.05) is 49.4 Å². The summed E-state index contributed by atoms with van der Waals surface area (Å²) in [5.74, 6) is 1.29. The van der Waals surface area contributed by atoms with E-state index in [4.69, 9.17) is 4.74 Å². The van der Waals surface area contributed by atoms with Crippen molar-refractivity contribution in [1.82, 2.24) is 10.2 Å². The van der Waals surface area contributed by atoms with E-state index in [0.717, 1.165) is 20.7 Å². The van der Waals surface area contributed by atoms with E-state index in [9.17, 15) is 5.11 Å². The fourth-order valence-corrected chi connectivity index (χ4v) is 3.87. The lowest BCUT2D eigenvalue weighted by molar-refractivity contribution is 0.126. The van der Waals surface area contributed by atoms with E-state index in [-0.39, 0.29) is 6.61 Å². The van der Waals surface area contributed by atoms with E-state index in [2.05, 4.69) is 22.3 Å². The standard InChI is InChI=1S/C18H18N2O2S2/c1-13-19-20-18(24-13)23-12-16(21)11-22-17-9-7-15(8-10-17)14-5-3-2-4-6-14/h2-10,16,21H,11-12H2,1H3. The lowest BCUT2D eigenvalue weighted by atomic mass is 10.1. The van der Waals surface area contributed by atoms with Crippen LogP contribution in [0.25, 0.3) is 11.1 Å². The Morgan fingerprint density at radius 3 is 2.42 bits per heavy atom. The van der Waals surface area contributed by atoms with Gasteiger partial charge >= 0.3 is 0 Å². The van der Waals surface area contributed by atoms with Crippen LogP contribution >= 0.6 is 23.1 Å². The number of nitrogens with zero attached hydrogens (tertiary/aromatic N) is 2. The van der Waals surface area contributed by atoms with Crippen molar-refractivity contribution in [1.29, 1.82) is 0 Å². The number of hydrogen-bond acceptors (Lipinski definition) is 6. The van der Waals surface area contributed by atoms with Gasteiger partial charge in [0.25, 0.3) is 0 Å². The van der Waals surface area contributed by atoms with Gasteiger partial charge in [0.1, 0.15) is 17.4 Å². The minimum absolute atomic E-state index is 0.259. The molecule has 1 heterocycles. The lowest BCUT2D eigenvalue weighted by Gasteiger charge is -2.11. The van der Waals surface area contributed by atoms with Gasteiger partial charge in [-0.1, -0.05) is 65.6 Å². The molecule has 0 fully saturated rings. The Hall–Kier alpha value is -1.89. The second kappa shape index (κ2) is 8.28. The number of ether oxygens (including phenoxy) is 1. The van der Waals surface area contributed by atoms with Gasteiger partial charge < -0.3 is 9.84 Å². The molecule has 124 valence electrons. The van der Waals surface area contributed by atoms with Crippen molar-refractivity contribution in [2.75, 3.05) is 12.4 Å². The van der Waals surface area contributed by atoms with E-state index < -0.39 is 6.10 Å². The van der Waals surface area contributed by atoms with Gasteiger partial charge in [-0.15, -0.1) is 10.2 Å². The normalized spacial score (nSPS) is 12.1. The third-order valence-electron chi connectivity index (χ3n) is 3.31. The Kier molecular flexibility index (Phi) is 5.85. The molecular formula is C18H18N2O2S2. The average Bonchev–Trinajstić information content (AvgIpc) is 3.05. The van der Waals surface area contributed by atoms with E-state index in [0.29, 0.717) is 5.75 Å². The summed E-state index contributed by atoms with van der Waals surface area (Å²) in [5.41, 5.74) is 2.32. The van der Waals surface area contributed by atoms with Crippen molar-refractivity contribution in [3.63, 3.8) is 0 Å². The Labute approximate surface area is 149 Å². The Morgan fingerprint density at radius 2 is 1.75 bits per heavy atom. The summed E-state index contributed by atoms with van der Waals surface area (Å²) in [5, 5.41) is 18.9. The predicted molar refractivity (Wildman–Crippen MR) is 98.7 cm³/mol. The Bertz CT molecular complexity index is 760. The second-order valence-electron chi connectivity index (χ2n) is 5.25. The van der Waals surface area contributed by atoms with Crippen LogP contribution in [0.4, 0.5) is 0 Å². The maximum atomic E-state index is 10.0. The van der Waals surface area contributed by atoms with Gasteiger partial charge in [-0.3, -0.25) is 0 Å². The first kappa shape index (κ1) is 17.0. The zero-order valence-electron chi connectivity index (χ0n) is 13.3. The van der Waals surface area contributed by atoms with Crippen LogP contribution < -0.4 is 4.74 Å². The molecule has 1 unspecified atom stereocenters. The Balaban J connectivity index is 1.47. The molecule has 1 aromatic heterocycles. The molecule has 24 heavy (non-hydrogen) atoms. The van der Waals surface area contributed by atoms with Crippen LogP contribution in [0.1, 0.15) is 5.01 Å². The number of thioether (sulfide) groups is 1. The van der Waals surface area contributed by atoms with Crippen LogP contribution in [0, 0.1) is 6.92 Å². The van der Waals surface area contributed by atoms with Crippen LogP contribution in [-0.4, -0.2) is 33.8 Å². The molecule has 3 aromatic rings. The third-order valence-corrected chi connectivity index (χ3v) is 5.43. The van der Waals surface area contributed by atoms with Crippen molar-refractivity contribution in [3.05, 3.63) is 59.6 Å². The first-order chi connectivity index (χ1) is 11.7. The summed E-state index contributed by atoms with van der Waals surface area (Å²) in [6.45, 7) is 2.18. The maximum Gasteiger partial charge on any atom is 0.174 e. The number of aromatic nitrogens is 2. The minimum Gasteiger partial charge on any atom is -0.491 e.